The van der Waals surface area contributed by atoms with Crippen LogP contribution < -0.4 is 10.1 Å². The quantitative estimate of drug-likeness (QED) is 0.746. The minimum atomic E-state index is -0.479. The maximum atomic E-state index is 13.2. The molecule has 1 N–H and O–H groups in total. The van der Waals surface area contributed by atoms with Crippen LogP contribution in [0.1, 0.15) is 33.6 Å². The van der Waals surface area contributed by atoms with Crippen molar-refractivity contribution in [2.45, 2.75) is 25.7 Å². The molecule has 9 heteroatoms. The lowest BCUT2D eigenvalue weighted by Gasteiger charge is -2.27. The highest BCUT2D eigenvalue weighted by atomic mass is 35.5. The highest BCUT2D eigenvalue weighted by Crippen LogP contribution is 2.39. The van der Waals surface area contributed by atoms with Crippen molar-refractivity contribution < 1.29 is 23.5 Å². The topological polar surface area (TPSA) is 67.9 Å². The van der Waals surface area contributed by atoms with Gasteiger partial charge in [0.1, 0.15) is 16.6 Å². The molecule has 1 aliphatic heterocycles. The Kier molecular flexibility index (Phi) is 6.55. The van der Waals surface area contributed by atoms with Crippen LogP contribution in [0.3, 0.4) is 0 Å². The van der Waals surface area contributed by atoms with Gasteiger partial charge in [0.25, 0.3) is 11.8 Å². The molecule has 1 aliphatic carbocycles. The first kappa shape index (κ1) is 21.1. The Bertz CT molecular complexity index is 959. The van der Waals surface area contributed by atoms with Crippen molar-refractivity contribution in [3.63, 3.8) is 0 Å². The third-order valence-corrected chi connectivity index (χ3v) is 6.69. The third-order valence-electron chi connectivity index (χ3n) is 5.19. The zero-order valence-electron chi connectivity index (χ0n) is 16.3. The summed E-state index contributed by atoms with van der Waals surface area (Å²) >= 11 is 7.41. The summed E-state index contributed by atoms with van der Waals surface area (Å²) in [5, 5.41) is 3.51. The van der Waals surface area contributed by atoms with Gasteiger partial charge in [-0.15, -0.1) is 11.3 Å². The summed E-state index contributed by atoms with van der Waals surface area (Å²) in [7, 11) is 0. The van der Waals surface area contributed by atoms with E-state index >= 15 is 0 Å². The van der Waals surface area contributed by atoms with Gasteiger partial charge in [-0.25, -0.2) is 4.39 Å². The second kappa shape index (κ2) is 9.32. The standard InChI is InChI=1S/C21H22ClFN2O4S/c22-15-11-13(23)5-6-16(15)29-12-18(26)24-20-19(14-3-1-2-4-17(14)30-20)21(27)25-7-9-28-10-8-25/h5-6,11H,1-4,7-10,12H2,(H,24,26). The van der Waals surface area contributed by atoms with Gasteiger partial charge < -0.3 is 19.7 Å². The number of nitrogens with zero attached hydrogens (tertiary/aromatic N) is 1. The van der Waals surface area contributed by atoms with E-state index in [1.54, 1.807) is 4.90 Å². The highest BCUT2D eigenvalue weighted by Gasteiger charge is 2.30. The molecule has 1 saturated heterocycles. The number of halogens is 2. The van der Waals surface area contributed by atoms with E-state index in [1.807, 2.05) is 0 Å². The average molecular weight is 453 g/mol. The summed E-state index contributed by atoms with van der Waals surface area (Å²) in [6.45, 7) is 1.84. The van der Waals surface area contributed by atoms with Gasteiger partial charge in [-0.2, -0.15) is 0 Å². The minimum Gasteiger partial charge on any atom is -0.482 e. The maximum Gasteiger partial charge on any atom is 0.262 e. The SMILES string of the molecule is O=C(COc1ccc(F)cc1Cl)Nc1sc2c(c1C(=O)N1CCOCC1)CCCC2. The van der Waals surface area contributed by atoms with Crippen molar-refractivity contribution in [3.8, 4) is 5.75 Å². The molecule has 2 aromatic rings. The van der Waals surface area contributed by atoms with Gasteiger partial charge in [0.05, 0.1) is 23.8 Å². The molecule has 6 nitrogen and oxygen atoms in total. The molecule has 2 amide bonds. The Morgan fingerprint density at radius 3 is 2.77 bits per heavy atom. The Morgan fingerprint density at radius 1 is 1.23 bits per heavy atom. The summed E-state index contributed by atoms with van der Waals surface area (Å²) in [6.07, 6.45) is 3.88. The van der Waals surface area contributed by atoms with E-state index in [4.69, 9.17) is 21.1 Å². The number of ether oxygens (including phenoxy) is 2. The Labute approximate surface area is 182 Å². The number of amides is 2. The van der Waals surface area contributed by atoms with Crippen molar-refractivity contribution in [3.05, 3.63) is 45.0 Å². The monoisotopic (exact) mass is 452 g/mol. The number of benzene rings is 1. The summed E-state index contributed by atoms with van der Waals surface area (Å²) in [6, 6.07) is 3.72. The lowest BCUT2D eigenvalue weighted by molar-refractivity contribution is -0.118. The fourth-order valence-corrected chi connectivity index (χ4v) is 5.22. The molecule has 0 atom stereocenters. The van der Waals surface area contributed by atoms with Gasteiger partial charge in [0.2, 0.25) is 0 Å². The maximum absolute atomic E-state index is 13.2. The van der Waals surface area contributed by atoms with Crippen LogP contribution in [0, 0.1) is 5.82 Å². The van der Waals surface area contributed by atoms with Crippen LogP contribution in [0.15, 0.2) is 18.2 Å². The van der Waals surface area contributed by atoms with Crippen molar-refractivity contribution in [2.24, 2.45) is 0 Å². The van der Waals surface area contributed by atoms with E-state index in [0.717, 1.165) is 42.2 Å². The number of fused-ring (bicyclic) bond motifs is 1. The second-order valence-electron chi connectivity index (χ2n) is 7.23. The third kappa shape index (κ3) is 4.61. The molecule has 0 bridgehead atoms. The van der Waals surface area contributed by atoms with Gasteiger partial charge in [-0.1, -0.05) is 11.6 Å². The van der Waals surface area contributed by atoms with Crippen LogP contribution in [0.5, 0.6) is 5.75 Å². The molecular weight excluding hydrogens is 431 g/mol. The van der Waals surface area contributed by atoms with E-state index in [1.165, 1.54) is 23.5 Å². The van der Waals surface area contributed by atoms with E-state index in [0.29, 0.717) is 36.9 Å². The number of hydrogen-bond donors (Lipinski definition) is 1. The van der Waals surface area contributed by atoms with Gasteiger partial charge in [-0.05, 0) is 49.4 Å². The smallest absolute Gasteiger partial charge is 0.262 e. The molecule has 160 valence electrons. The first-order valence-corrected chi connectivity index (χ1v) is 11.1. The zero-order valence-corrected chi connectivity index (χ0v) is 17.9. The molecule has 2 heterocycles. The van der Waals surface area contributed by atoms with Crippen LogP contribution in [0.25, 0.3) is 0 Å². The number of rotatable bonds is 5. The first-order chi connectivity index (χ1) is 14.5. The predicted molar refractivity (Wildman–Crippen MR) is 113 cm³/mol. The van der Waals surface area contributed by atoms with E-state index in [-0.39, 0.29) is 23.3 Å². The highest BCUT2D eigenvalue weighted by molar-refractivity contribution is 7.17. The van der Waals surface area contributed by atoms with E-state index in [2.05, 4.69) is 5.32 Å². The summed E-state index contributed by atoms with van der Waals surface area (Å²) < 4.78 is 23.9. The number of carbonyl (C=O) groups is 2. The lowest BCUT2D eigenvalue weighted by atomic mass is 9.95. The summed E-state index contributed by atoms with van der Waals surface area (Å²) in [4.78, 5) is 28.7. The molecule has 1 aromatic heterocycles. The minimum absolute atomic E-state index is 0.0597. The summed E-state index contributed by atoms with van der Waals surface area (Å²) in [5.74, 6) is -0.712. The zero-order chi connectivity index (χ0) is 21.1. The number of hydrogen-bond acceptors (Lipinski definition) is 5. The predicted octanol–water partition coefficient (Wildman–Crippen LogP) is 3.91. The van der Waals surface area contributed by atoms with Crippen molar-refractivity contribution in [1.29, 1.82) is 0 Å². The van der Waals surface area contributed by atoms with Gasteiger partial charge in [-0.3, -0.25) is 9.59 Å². The summed E-state index contributed by atoms with van der Waals surface area (Å²) in [5.41, 5.74) is 1.66. The molecule has 0 saturated carbocycles. The van der Waals surface area contributed by atoms with Crippen molar-refractivity contribution in [1.82, 2.24) is 4.90 Å². The first-order valence-electron chi connectivity index (χ1n) is 9.92. The lowest BCUT2D eigenvalue weighted by Crippen LogP contribution is -2.41. The van der Waals surface area contributed by atoms with E-state index in [9.17, 15) is 14.0 Å². The molecule has 30 heavy (non-hydrogen) atoms. The van der Waals surface area contributed by atoms with Gasteiger partial charge in [0, 0.05) is 18.0 Å². The van der Waals surface area contributed by atoms with E-state index < -0.39 is 11.7 Å². The fraction of sp³-hybridized carbons (Fsp3) is 0.429. The molecule has 0 spiro atoms. The van der Waals surface area contributed by atoms with Crippen LogP contribution in [-0.2, 0) is 22.4 Å². The number of carbonyl (C=O) groups excluding carboxylic acids is 2. The van der Waals surface area contributed by atoms with Gasteiger partial charge >= 0.3 is 0 Å². The molecule has 4 rings (SSSR count). The molecule has 0 radical (unpaired) electrons. The van der Waals surface area contributed by atoms with Crippen molar-refractivity contribution in [2.75, 3.05) is 38.2 Å². The molecule has 1 fully saturated rings. The molecule has 2 aliphatic rings. The second-order valence-corrected chi connectivity index (χ2v) is 8.74. The number of nitrogens with one attached hydrogen (secondary N) is 1. The number of aryl methyl sites for hydroxylation is 1. The molecule has 0 unspecified atom stereocenters. The largest absolute Gasteiger partial charge is 0.482 e. The number of anilines is 1. The Hall–Kier alpha value is -2.16. The van der Waals surface area contributed by atoms with Crippen LogP contribution in [0.2, 0.25) is 5.02 Å². The van der Waals surface area contributed by atoms with Crippen LogP contribution in [-0.4, -0.2) is 49.6 Å². The molecular formula is C21H22ClFN2O4S. The molecule has 1 aromatic carbocycles. The van der Waals surface area contributed by atoms with Crippen LogP contribution in [0.4, 0.5) is 9.39 Å². The Balaban J connectivity index is 1.50. The normalized spacial score (nSPS) is 16.1. The average Bonchev–Trinajstić information content (AvgIpc) is 3.11. The van der Waals surface area contributed by atoms with Crippen molar-refractivity contribution >= 4 is 39.8 Å². The number of thiophene rings is 1. The Morgan fingerprint density at radius 2 is 2.00 bits per heavy atom. The number of morpholine rings is 1. The fourth-order valence-electron chi connectivity index (χ4n) is 3.70. The van der Waals surface area contributed by atoms with Crippen LogP contribution >= 0.6 is 22.9 Å². The van der Waals surface area contributed by atoms with Gasteiger partial charge in [0.15, 0.2) is 6.61 Å².